The molecular formula is C13H12FN3OS2. The fourth-order valence-corrected chi connectivity index (χ4v) is 3.79. The van der Waals surface area contributed by atoms with E-state index in [9.17, 15) is 9.18 Å². The number of nitrogens with one attached hydrogen (secondary N) is 1. The standard InChI is InChI=1S/C13H12FN3OS2/c14-7-1-2-11-8(5-7)9(3-4-19-11)16-12(18)10-6-20-13(15)17-10/h1-2,5-6,9H,3-4H2,(H2,15,17)(H,16,18). The lowest BCUT2D eigenvalue weighted by atomic mass is 10.0. The quantitative estimate of drug-likeness (QED) is 0.895. The molecule has 0 saturated heterocycles. The van der Waals surface area contributed by atoms with Crippen LogP contribution >= 0.6 is 23.1 Å². The molecule has 7 heteroatoms. The van der Waals surface area contributed by atoms with Crippen LogP contribution in [0.5, 0.6) is 0 Å². The number of nitrogen functional groups attached to an aromatic ring is 1. The highest BCUT2D eigenvalue weighted by molar-refractivity contribution is 7.99. The number of hydrogen-bond acceptors (Lipinski definition) is 5. The van der Waals surface area contributed by atoms with Crippen LogP contribution in [0.3, 0.4) is 0 Å². The van der Waals surface area contributed by atoms with Gasteiger partial charge in [0.1, 0.15) is 11.5 Å². The van der Waals surface area contributed by atoms with Gasteiger partial charge in [-0.25, -0.2) is 9.37 Å². The lowest BCUT2D eigenvalue weighted by Crippen LogP contribution is -2.31. The number of nitrogens with two attached hydrogens (primary N) is 1. The number of fused-ring (bicyclic) bond motifs is 1. The zero-order valence-corrected chi connectivity index (χ0v) is 12.1. The van der Waals surface area contributed by atoms with Crippen molar-refractivity contribution in [2.24, 2.45) is 0 Å². The number of hydrogen-bond donors (Lipinski definition) is 2. The number of carbonyl (C=O) groups is 1. The summed E-state index contributed by atoms with van der Waals surface area (Å²) in [4.78, 5) is 17.1. The topological polar surface area (TPSA) is 68.0 Å². The van der Waals surface area contributed by atoms with Crippen LogP contribution in [-0.2, 0) is 0 Å². The predicted molar refractivity (Wildman–Crippen MR) is 78.5 cm³/mol. The maximum absolute atomic E-state index is 13.4. The molecule has 1 atom stereocenters. The predicted octanol–water partition coefficient (Wildman–Crippen LogP) is 2.83. The van der Waals surface area contributed by atoms with Gasteiger partial charge in [0.05, 0.1) is 6.04 Å². The molecule has 0 radical (unpaired) electrons. The molecule has 2 heterocycles. The Morgan fingerprint density at radius 1 is 1.50 bits per heavy atom. The monoisotopic (exact) mass is 309 g/mol. The average molecular weight is 309 g/mol. The van der Waals surface area contributed by atoms with Gasteiger partial charge in [-0.15, -0.1) is 23.1 Å². The summed E-state index contributed by atoms with van der Waals surface area (Å²) in [6.45, 7) is 0. The minimum atomic E-state index is -0.289. The van der Waals surface area contributed by atoms with Crippen LogP contribution in [0.2, 0.25) is 0 Å². The van der Waals surface area contributed by atoms with Crippen LogP contribution in [0.15, 0.2) is 28.5 Å². The smallest absolute Gasteiger partial charge is 0.271 e. The molecule has 1 unspecified atom stereocenters. The highest BCUT2D eigenvalue weighted by atomic mass is 32.2. The molecule has 104 valence electrons. The van der Waals surface area contributed by atoms with E-state index in [0.29, 0.717) is 10.8 Å². The Bertz CT molecular complexity index is 659. The van der Waals surface area contributed by atoms with E-state index in [-0.39, 0.29) is 17.8 Å². The third-order valence-electron chi connectivity index (χ3n) is 3.07. The molecule has 0 fully saturated rings. The van der Waals surface area contributed by atoms with Crippen LogP contribution < -0.4 is 11.1 Å². The van der Waals surface area contributed by atoms with Crippen LogP contribution in [-0.4, -0.2) is 16.6 Å². The van der Waals surface area contributed by atoms with E-state index in [1.807, 2.05) is 0 Å². The van der Waals surface area contributed by atoms with Crippen molar-refractivity contribution in [3.05, 3.63) is 40.7 Å². The molecule has 20 heavy (non-hydrogen) atoms. The number of aromatic nitrogens is 1. The lowest BCUT2D eigenvalue weighted by Gasteiger charge is -2.25. The largest absolute Gasteiger partial charge is 0.375 e. The number of thioether (sulfide) groups is 1. The van der Waals surface area contributed by atoms with Crippen molar-refractivity contribution >= 4 is 34.1 Å². The molecule has 4 nitrogen and oxygen atoms in total. The minimum Gasteiger partial charge on any atom is -0.375 e. The van der Waals surface area contributed by atoms with Crippen molar-refractivity contribution in [1.29, 1.82) is 0 Å². The van der Waals surface area contributed by atoms with Gasteiger partial charge in [0.25, 0.3) is 5.91 Å². The molecule has 3 rings (SSSR count). The maximum Gasteiger partial charge on any atom is 0.271 e. The van der Waals surface area contributed by atoms with Crippen LogP contribution in [0.4, 0.5) is 9.52 Å². The van der Waals surface area contributed by atoms with Gasteiger partial charge in [-0.1, -0.05) is 0 Å². The normalized spacial score (nSPS) is 17.6. The zero-order chi connectivity index (χ0) is 14.1. The van der Waals surface area contributed by atoms with E-state index in [4.69, 9.17) is 5.73 Å². The van der Waals surface area contributed by atoms with Gasteiger partial charge < -0.3 is 11.1 Å². The number of halogens is 1. The first-order valence-electron chi connectivity index (χ1n) is 6.07. The van der Waals surface area contributed by atoms with Gasteiger partial charge >= 0.3 is 0 Å². The van der Waals surface area contributed by atoms with E-state index < -0.39 is 0 Å². The van der Waals surface area contributed by atoms with Gasteiger partial charge in [-0.3, -0.25) is 4.79 Å². The fraction of sp³-hybridized carbons (Fsp3) is 0.231. The maximum atomic E-state index is 13.4. The molecule has 1 aromatic carbocycles. The minimum absolute atomic E-state index is 0.183. The SMILES string of the molecule is Nc1nc(C(=O)NC2CCSc3ccc(F)cc32)cs1. The molecule has 1 aliphatic rings. The summed E-state index contributed by atoms with van der Waals surface area (Å²) in [5.74, 6) is 0.330. The molecule has 2 aromatic rings. The van der Waals surface area contributed by atoms with Gasteiger partial charge in [0, 0.05) is 16.0 Å². The third-order valence-corrected chi connectivity index (χ3v) is 4.87. The Labute approximate surface area is 123 Å². The molecular weight excluding hydrogens is 297 g/mol. The second-order valence-corrected chi connectivity index (χ2v) is 6.44. The summed E-state index contributed by atoms with van der Waals surface area (Å²) in [7, 11) is 0. The first-order chi connectivity index (χ1) is 9.63. The summed E-state index contributed by atoms with van der Waals surface area (Å²) in [5, 5.41) is 4.88. The number of anilines is 1. The van der Waals surface area contributed by atoms with E-state index in [1.165, 1.54) is 23.5 Å². The molecule has 0 aliphatic carbocycles. The van der Waals surface area contributed by atoms with Crippen molar-refractivity contribution in [2.45, 2.75) is 17.4 Å². The Kier molecular flexibility index (Phi) is 3.62. The van der Waals surface area contributed by atoms with Crippen LogP contribution in [0, 0.1) is 5.82 Å². The Balaban J connectivity index is 1.82. The molecule has 3 N–H and O–H groups in total. The van der Waals surface area contributed by atoms with Crippen molar-refractivity contribution in [3.8, 4) is 0 Å². The lowest BCUT2D eigenvalue weighted by molar-refractivity contribution is 0.0930. The first-order valence-corrected chi connectivity index (χ1v) is 7.94. The number of nitrogens with zero attached hydrogens (tertiary/aromatic N) is 1. The van der Waals surface area contributed by atoms with E-state index in [1.54, 1.807) is 23.2 Å². The number of amides is 1. The van der Waals surface area contributed by atoms with Crippen LogP contribution in [0.1, 0.15) is 28.5 Å². The number of benzene rings is 1. The molecule has 1 aliphatic heterocycles. The Morgan fingerprint density at radius 3 is 3.10 bits per heavy atom. The Morgan fingerprint density at radius 2 is 2.35 bits per heavy atom. The summed E-state index contributed by atoms with van der Waals surface area (Å²) >= 11 is 2.90. The summed E-state index contributed by atoms with van der Waals surface area (Å²) in [6, 6.07) is 4.51. The van der Waals surface area contributed by atoms with Crippen molar-refractivity contribution in [3.63, 3.8) is 0 Å². The molecule has 1 aromatic heterocycles. The fourth-order valence-electron chi connectivity index (χ4n) is 2.14. The zero-order valence-electron chi connectivity index (χ0n) is 10.4. The van der Waals surface area contributed by atoms with Crippen molar-refractivity contribution in [2.75, 3.05) is 11.5 Å². The number of rotatable bonds is 2. The van der Waals surface area contributed by atoms with Gasteiger partial charge in [-0.05, 0) is 30.2 Å². The third kappa shape index (κ3) is 2.64. The molecule has 0 saturated carbocycles. The molecule has 1 amide bonds. The number of thiazole rings is 1. The van der Waals surface area contributed by atoms with Crippen LogP contribution in [0.25, 0.3) is 0 Å². The second-order valence-electron chi connectivity index (χ2n) is 4.42. The second kappa shape index (κ2) is 5.41. The van der Waals surface area contributed by atoms with E-state index in [0.717, 1.165) is 22.6 Å². The van der Waals surface area contributed by atoms with Crippen molar-refractivity contribution in [1.82, 2.24) is 10.3 Å². The summed E-state index contributed by atoms with van der Waals surface area (Å²) < 4.78 is 13.4. The van der Waals surface area contributed by atoms with E-state index in [2.05, 4.69) is 10.3 Å². The summed E-state index contributed by atoms with van der Waals surface area (Å²) in [6.07, 6.45) is 0.770. The Hall–Kier alpha value is -1.60. The highest BCUT2D eigenvalue weighted by Crippen LogP contribution is 2.36. The average Bonchev–Trinajstić information content (AvgIpc) is 2.86. The summed E-state index contributed by atoms with van der Waals surface area (Å²) in [5.41, 5.74) is 6.66. The van der Waals surface area contributed by atoms with Gasteiger partial charge in [0.2, 0.25) is 0 Å². The van der Waals surface area contributed by atoms with Gasteiger partial charge in [-0.2, -0.15) is 0 Å². The number of carbonyl (C=O) groups excluding carboxylic acids is 1. The molecule has 0 bridgehead atoms. The van der Waals surface area contributed by atoms with Crippen molar-refractivity contribution < 1.29 is 9.18 Å². The van der Waals surface area contributed by atoms with Gasteiger partial charge in [0.15, 0.2) is 5.13 Å². The first kappa shape index (κ1) is 13.4. The molecule has 0 spiro atoms. The van der Waals surface area contributed by atoms with E-state index >= 15 is 0 Å². The highest BCUT2D eigenvalue weighted by Gasteiger charge is 2.24.